The number of carbonyl (C=O) groups is 2. The van der Waals surface area contributed by atoms with Crippen molar-refractivity contribution in [2.24, 2.45) is 0 Å². The third-order valence-electron chi connectivity index (χ3n) is 3.57. The van der Waals surface area contributed by atoms with Crippen LogP contribution in [0, 0.1) is 0 Å². The number of Topliss-reactive ketones (excluding diaryl/α,β-unsaturated/α-hetero) is 2. The van der Waals surface area contributed by atoms with Crippen molar-refractivity contribution < 1.29 is 9.59 Å². The molecule has 2 aliphatic rings. The largest absolute Gasteiger partial charge is 0.339 e. The monoisotopic (exact) mass is 262 g/mol. The van der Waals surface area contributed by atoms with Crippen molar-refractivity contribution in [3.8, 4) is 0 Å². The van der Waals surface area contributed by atoms with Gasteiger partial charge in [0, 0.05) is 11.1 Å². The number of rotatable bonds is 0. The van der Waals surface area contributed by atoms with E-state index in [0.29, 0.717) is 16.9 Å². The Bertz CT molecular complexity index is 742. The van der Waals surface area contributed by atoms with E-state index in [1.807, 2.05) is 24.3 Å². The molecule has 4 heteroatoms. The Morgan fingerprint density at radius 2 is 1.10 bits per heavy atom. The Morgan fingerprint density at radius 1 is 0.650 bits per heavy atom. The quantitative estimate of drug-likeness (QED) is 0.566. The molecule has 4 rings (SSSR count). The van der Waals surface area contributed by atoms with Crippen LogP contribution in [0.5, 0.6) is 0 Å². The van der Waals surface area contributed by atoms with Gasteiger partial charge in [-0.15, -0.1) is 0 Å². The molecule has 0 saturated heterocycles. The molecule has 0 unspecified atom stereocenters. The molecule has 1 aliphatic carbocycles. The van der Waals surface area contributed by atoms with Crippen molar-refractivity contribution in [1.82, 2.24) is 0 Å². The Labute approximate surface area is 115 Å². The third kappa shape index (κ3) is 1.36. The minimum Gasteiger partial charge on any atom is -0.339 e. The molecular weight excluding hydrogens is 252 g/mol. The lowest BCUT2D eigenvalue weighted by Gasteiger charge is -2.02. The predicted octanol–water partition coefficient (Wildman–Crippen LogP) is 2.81. The van der Waals surface area contributed by atoms with E-state index in [0.717, 1.165) is 11.4 Å². The first kappa shape index (κ1) is 11.0. The summed E-state index contributed by atoms with van der Waals surface area (Å²) in [7, 11) is 0. The lowest BCUT2D eigenvalue weighted by atomic mass is 10.1. The number of hydrogen-bond acceptors (Lipinski definition) is 4. The minimum atomic E-state index is -0.228. The lowest BCUT2D eigenvalue weighted by Crippen LogP contribution is -2.12. The highest BCUT2D eigenvalue weighted by molar-refractivity contribution is 6.40. The maximum atomic E-state index is 12.4. The summed E-state index contributed by atoms with van der Waals surface area (Å²) in [4.78, 5) is 24.8. The zero-order valence-electron chi connectivity index (χ0n) is 10.4. The highest BCUT2D eigenvalue weighted by Crippen LogP contribution is 2.35. The van der Waals surface area contributed by atoms with Crippen LogP contribution in [0.25, 0.3) is 0 Å². The van der Waals surface area contributed by atoms with Crippen molar-refractivity contribution in [2.75, 3.05) is 10.6 Å². The second-order valence-corrected chi connectivity index (χ2v) is 4.75. The van der Waals surface area contributed by atoms with E-state index in [-0.39, 0.29) is 17.1 Å². The van der Waals surface area contributed by atoms with E-state index >= 15 is 0 Å². The molecule has 0 fully saturated rings. The molecule has 1 heterocycles. The zero-order chi connectivity index (χ0) is 13.7. The van der Waals surface area contributed by atoms with E-state index in [1.54, 1.807) is 24.3 Å². The number of anilines is 2. The average molecular weight is 262 g/mol. The summed E-state index contributed by atoms with van der Waals surface area (Å²) in [5.74, 6) is 0.0132. The van der Waals surface area contributed by atoms with Gasteiger partial charge in [0.15, 0.2) is 0 Å². The van der Waals surface area contributed by atoms with Crippen molar-refractivity contribution in [2.45, 2.75) is 0 Å². The number of hydrogen-bond donors (Lipinski definition) is 2. The van der Waals surface area contributed by atoms with Gasteiger partial charge in [0.25, 0.3) is 0 Å². The molecular formula is C16H10N2O2. The topological polar surface area (TPSA) is 58.2 Å². The molecule has 2 N–H and O–H groups in total. The smallest absolute Gasteiger partial charge is 0.201 e. The van der Waals surface area contributed by atoms with E-state index in [9.17, 15) is 9.59 Å². The molecule has 0 saturated carbocycles. The van der Waals surface area contributed by atoms with Gasteiger partial charge in [-0.05, 0) is 12.1 Å². The predicted molar refractivity (Wildman–Crippen MR) is 75.8 cm³/mol. The highest BCUT2D eigenvalue weighted by atomic mass is 16.2. The molecule has 0 atom stereocenters. The number of nitrogens with one attached hydrogen (secondary N) is 2. The molecule has 0 radical (unpaired) electrons. The Balaban J connectivity index is 1.85. The molecule has 20 heavy (non-hydrogen) atoms. The molecule has 0 bridgehead atoms. The minimum absolute atomic E-state index is 0.183. The lowest BCUT2D eigenvalue weighted by molar-refractivity contribution is 0.0987. The molecule has 2 aromatic rings. The van der Waals surface area contributed by atoms with Crippen molar-refractivity contribution >= 4 is 22.9 Å². The number of allylic oxidation sites excluding steroid dienone is 1. The Kier molecular flexibility index (Phi) is 2.09. The first-order valence-corrected chi connectivity index (χ1v) is 6.31. The fourth-order valence-electron chi connectivity index (χ4n) is 2.61. The second kappa shape index (κ2) is 3.81. The van der Waals surface area contributed by atoms with Crippen LogP contribution in [0.1, 0.15) is 20.7 Å². The normalized spacial score (nSPS) is 15.8. The second-order valence-electron chi connectivity index (χ2n) is 4.75. The first-order valence-electron chi connectivity index (χ1n) is 6.31. The number of carbonyl (C=O) groups excluding carboxylic acids is 2. The van der Waals surface area contributed by atoms with E-state index in [4.69, 9.17) is 0 Å². The van der Waals surface area contributed by atoms with Crippen LogP contribution < -0.4 is 10.6 Å². The summed E-state index contributed by atoms with van der Waals surface area (Å²) in [5, 5.41) is 6.20. The standard InChI is InChI=1S/C16H10N2O2/c19-14-9-5-1-2-6-10(9)15(20)13(14)16-17-11-7-3-4-8-12(11)18-16/h1-8,17-18H. The zero-order valence-corrected chi connectivity index (χ0v) is 10.4. The Hall–Kier alpha value is -2.88. The van der Waals surface area contributed by atoms with Crippen LogP contribution in [0.15, 0.2) is 59.9 Å². The maximum absolute atomic E-state index is 12.4. The van der Waals surface area contributed by atoms with Gasteiger partial charge in [0.2, 0.25) is 11.6 Å². The molecule has 0 spiro atoms. The van der Waals surface area contributed by atoms with Crippen LogP contribution in [0.2, 0.25) is 0 Å². The van der Waals surface area contributed by atoms with Crippen LogP contribution in [0.3, 0.4) is 0 Å². The Morgan fingerprint density at radius 3 is 1.60 bits per heavy atom. The summed E-state index contributed by atoms with van der Waals surface area (Å²) in [6.07, 6.45) is 0. The fraction of sp³-hybridized carbons (Fsp3) is 0. The fourth-order valence-corrected chi connectivity index (χ4v) is 2.61. The molecule has 0 amide bonds. The molecule has 4 nitrogen and oxygen atoms in total. The van der Waals surface area contributed by atoms with Crippen molar-refractivity contribution in [3.05, 3.63) is 71.1 Å². The summed E-state index contributed by atoms with van der Waals surface area (Å²) in [6, 6.07) is 14.5. The van der Waals surface area contributed by atoms with Gasteiger partial charge < -0.3 is 10.6 Å². The maximum Gasteiger partial charge on any atom is 0.201 e. The summed E-state index contributed by atoms with van der Waals surface area (Å²) >= 11 is 0. The SMILES string of the molecule is O=C1C(=C2Nc3ccccc3N2)C(=O)c2ccccc21. The van der Waals surface area contributed by atoms with Gasteiger partial charge in [-0.2, -0.15) is 0 Å². The van der Waals surface area contributed by atoms with Gasteiger partial charge in [-0.1, -0.05) is 36.4 Å². The third-order valence-corrected chi connectivity index (χ3v) is 3.57. The van der Waals surface area contributed by atoms with Crippen LogP contribution >= 0.6 is 0 Å². The van der Waals surface area contributed by atoms with Crippen LogP contribution in [-0.2, 0) is 0 Å². The first-order chi connectivity index (χ1) is 9.75. The number of para-hydroxylation sites is 2. The highest BCUT2D eigenvalue weighted by Gasteiger charge is 2.36. The summed E-state index contributed by atoms with van der Waals surface area (Å²) in [5.41, 5.74) is 2.86. The molecule has 2 aromatic carbocycles. The van der Waals surface area contributed by atoms with Crippen molar-refractivity contribution in [1.29, 1.82) is 0 Å². The van der Waals surface area contributed by atoms with Gasteiger partial charge >= 0.3 is 0 Å². The van der Waals surface area contributed by atoms with Crippen LogP contribution in [0.4, 0.5) is 11.4 Å². The van der Waals surface area contributed by atoms with Crippen LogP contribution in [-0.4, -0.2) is 11.6 Å². The number of fused-ring (bicyclic) bond motifs is 2. The number of benzene rings is 2. The molecule has 1 aliphatic heterocycles. The number of ketones is 2. The van der Waals surface area contributed by atoms with Gasteiger partial charge in [0.05, 0.1) is 11.4 Å². The summed E-state index contributed by atoms with van der Waals surface area (Å²) < 4.78 is 0. The van der Waals surface area contributed by atoms with Gasteiger partial charge in [-0.25, -0.2) is 0 Å². The summed E-state index contributed by atoms with van der Waals surface area (Å²) in [6.45, 7) is 0. The molecule has 96 valence electrons. The van der Waals surface area contributed by atoms with Gasteiger partial charge in [0.1, 0.15) is 11.4 Å². The van der Waals surface area contributed by atoms with E-state index in [1.165, 1.54) is 0 Å². The average Bonchev–Trinajstić information content (AvgIpc) is 3.00. The van der Waals surface area contributed by atoms with Crippen molar-refractivity contribution in [3.63, 3.8) is 0 Å². The van der Waals surface area contributed by atoms with E-state index in [2.05, 4.69) is 10.6 Å². The van der Waals surface area contributed by atoms with Gasteiger partial charge in [-0.3, -0.25) is 9.59 Å². The molecule has 0 aromatic heterocycles. The van der Waals surface area contributed by atoms with E-state index < -0.39 is 0 Å².